The first-order chi connectivity index (χ1) is 5.61. The Morgan fingerprint density at radius 2 is 1.83 bits per heavy atom. The molecule has 5 heteroatoms. The highest BCUT2D eigenvalue weighted by Crippen LogP contribution is 1.87. The molecule has 0 atom stereocenters. The van der Waals surface area contributed by atoms with Crippen molar-refractivity contribution in [3.8, 4) is 0 Å². The molecule has 0 aliphatic rings. The molecule has 0 radical (unpaired) electrons. The largest absolute Gasteiger partial charge is 0.466 e. The van der Waals surface area contributed by atoms with Gasteiger partial charge >= 0.3 is 5.97 Å². The van der Waals surface area contributed by atoms with Crippen molar-refractivity contribution in [2.45, 2.75) is 0 Å². The molecule has 0 aromatic heterocycles. The van der Waals surface area contributed by atoms with E-state index in [2.05, 4.69) is 9.57 Å². The summed E-state index contributed by atoms with van der Waals surface area (Å²) < 4.78 is 4.28. The standard InChI is InChI=1S/C7H11NO4/c1-8(12-3)6(9)4-5-7(10)11-2/h4-5H,1-3H3/b5-4+. The quantitative estimate of drug-likeness (QED) is 0.335. The van der Waals surface area contributed by atoms with Crippen LogP contribution >= 0.6 is 0 Å². The van der Waals surface area contributed by atoms with Gasteiger partial charge in [0.05, 0.1) is 14.2 Å². The fourth-order valence-corrected chi connectivity index (χ4v) is 0.402. The average Bonchev–Trinajstić information content (AvgIpc) is 2.11. The smallest absolute Gasteiger partial charge is 0.330 e. The number of ether oxygens (including phenoxy) is 1. The van der Waals surface area contributed by atoms with Gasteiger partial charge in [-0.1, -0.05) is 0 Å². The number of carbonyl (C=O) groups is 2. The SMILES string of the molecule is COC(=O)/C=C/C(=O)N(C)OC. The van der Waals surface area contributed by atoms with Gasteiger partial charge in [-0.15, -0.1) is 0 Å². The van der Waals surface area contributed by atoms with Crippen molar-refractivity contribution in [2.24, 2.45) is 0 Å². The van der Waals surface area contributed by atoms with Crippen LogP contribution in [0, 0.1) is 0 Å². The molecule has 0 N–H and O–H groups in total. The lowest BCUT2D eigenvalue weighted by atomic mass is 10.5. The number of carbonyl (C=O) groups excluding carboxylic acids is 2. The molecular formula is C7H11NO4. The summed E-state index contributed by atoms with van der Waals surface area (Å²) in [7, 11) is 4.02. The second-order valence-corrected chi connectivity index (χ2v) is 1.87. The van der Waals surface area contributed by atoms with Crippen molar-refractivity contribution in [3.63, 3.8) is 0 Å². The Morgan fingerprint density at radius 3 is 2.25 bits per heavy atom. The zero-order chi connectivity index (χ0) is 9.56. The monoisotopic (exact) mass is 173 g/mol. The third-order valence-corrected chi connectivity index (χ3v) is 1.15. The third-order valence-electron chi connectivity index (χ3n) is 1.15. The summed E-state index contributed by atoms with van der Waals surface area (Å²) in [6.07, 6.45) is 2.09. The van der Waals surface area contributed by atoms with E-state index in [-0.39, 0.29) is 0 Å². The molecule has 68 valence electrons. The van der Waals surface area contributed by atoms with E-state index >= 15 is 0 Å². The Bertz CT molecular complexity index is 200. The molecule has 5 nitrogen and oxygen atoms in total. The van der Waals surface area contributed by atoms with Crippen LogP contribution in [0.2, 0.25) is 0 Å². The predicted molar refractivity (Wildman–Crippen MR) is 40.9 cm³/mol. The first kappa shape index (κ1) is 10.6. The zero-order valence-corrected chi connectivity index (χ0v) is 7.23. The number of likely N-dealkylation sites (N-methyl/N-ethyl adjacent to an activating group) is 1. The molecule has 0 fully saturated rings. The molecule has 0 aromatic rings. The lowest BCUT2D eigenvalue weighted by molar-refractivity contribution is -0.162. The van der Waals surface area contributed by atoms with Crippen LogP contribution in [-0.4, -0.2) is 38.2 Å². The maximum absolute atomic E-state index is 10.9. The Balaban J connectivity index is 3.99. The maximum atomic E-state index is 10.9. The normalized spacial score (nSPS) is 9.92. The molecule has 0 rings (SSSR count). The average molecular weight is 173 g/mol. The first-order valence-electron chi connectivity index (χ1n) is 3.19. The molecule has 0 unspecified atom stereocenters. The number of esters is 1. The van der Waals surface area contributed by atoms with Gasteiger partial charge in [0, 0.05) is 19.2 Å². The van der Waals surface area contributed by atoms with Crippen LogP contribution in [0.4, 0.5) is 0 Å². The molecule has 0 spiro atoms. The molecule has 12 heavy (non-hydrogen) atoms. The fraction of sp³-hybridized carbons (Fsp3) is 0.429. The second kappa shape index (κ2) is 5.31. The lowest BCUT2D eigenvalue weighted by Gasteiger charge is -2.09. The van der Waals surface area contributed by atoms with E-state index in [4.69, 9.17) is 0 Å². The summed E-state index contributed by atoms with van der Waals surface area (Å²) in [6, 6.07) is 0. The first-order valence-corrected chi connectivity index (χ1v) is 3.19. The molecular weight excluding hydrogens is 162 g/mol. The molecule has 1 amide bonds. The number of hydrogen-bond donors (Lipinski definition) is 0. The Labute approximate surface area is 70.5 Å². The van der Waals surface area contributed by atoms with Crippen molar-refractivity contribution >= 4 is 11.9 Å². The van der Waals surface area contributed by atoms with Gasteiger partial charge in [-0.2, -0.15) is 0 Å². The molecule has 0 aliphatic carbocycles. The molecule has 0 heterocycles. The van der Waals surface area contributed by atoms with Gasteiger partial charge in [0.25, 0.3) is 5.91 Å². The topological polar surface area (TPSA) is 55.8 Å². The van der Waals surface area contributed by atoms with E-state index in [1.165, 1.54) is 21.3 Å². The second-order valence-electron chi connectivity index (χ2n) is 1.87. The van der Waals surface area contributed by atoms with Gasteiger partial charge in [-0.3, -0.25) is 9.63 Å². The summed E-state index contributed by atoms with van der Waals surface area (Å²) in [5.74, 6) is -1.00. The third kappa shape index (κ3) is 3.72. The highest BCUT2D eigenvalue weighted by atomic mass is 16.7. The van der Waals surface area contributed by atoms with Gasteiger partial charge in [-0.05, 0) is 0 Å². The minimum Gasteiger partial charge on any atom is -0.466 e. The summed E-state index contributed by atoms with van der Waals surface area (Å²) in [4.78, 5) is 26.0. The van der Waals surface area contributed by atoms with Crippen LogP contribution in [-0.2, 0) is 19.2 Å². The summed E-state index contributed by atoms with van der Waals surface area (Å²) in [6.45, 7) is 0. The van der Waals surface area contributed by atoms with Gasteiger partial charge in [-0.25, -0.2) is 9.86 Å². The molecule has 0 aromatic carbocycles. The van der Waals surface area contributed by atoms with Crippen LogP contribution in [0.1, 0.15) is 0 Å². The van der Waals surface area contributed by atoms with Gasteiger partial charge in [0.2, 0.25) is 0 Å². The minimum atomic E-state index is -0.576. The Hall–Kier alpha value is -1.36. The molecule has 0 saturated heterocycles. The molecule has 0 saturated carbocycles. The Morgan fingerprint density at radius 1 is 1.25 bits per heavy atom. The summed E-state index contributed by atoms with van der Waals surface area (Å²) in [5, 5.41) is 0.986. The number of rotatable bonds is 3. The number of hydrogen-bond acceptors (Lipinski definition) is 4. The van der Waals surface area contributed by atoms with Gasteiger partial charge in [0.15, 0.2) is 0 Å². The highest BCUT2D eigenvalue weighted by Gasteiger charge is 2.02. The van der Waals surface area contributed by atoms with Crippen LogP contribution in [0.5, 0.6) is 0 Å². The van der Waals surface area contributed by atoms with Gasteiger partial charge < -0.3 is 4.74 Å². The minimum absolute atomic E-state index is 0.428. The number of nitrogens with zero attached hydrogens (tertiary/aromatic N) is 1. The van der Waals surface area contributed by atoms with E-state index in [1.807, 2.05) is 0 Å². The van der Waals surface area contributed by atoms with Gasteiger partial charge in [0.1, 0.15) is 0 Å². The lowest BCUT2D eigenvalue weighted by Crippen LogP contribution is -2.23. The summed E-state index contributed by atoms with van der Waals surface area (Å²) in [5.41, 5.74) is 0. The number of hydroxylamine groups is 2. The van der Waals surface area contributed by atoms with E-state index in [0.717, 1.165) is 17.2 Å². The number of amides is 1. The van der Waals surface area contributed by atoms with Crippen LogP contribution in [0.15, 0.2) is 12.2 Å². The zero-order valence-electron chi connectivity index (χ0n) is 7.23. The van der Waals surface area contributed by atoms with Crippen molar-refractivity contribution in [1.82, 2.24) is 5.06 Å². The molecule has 0 bridgehead atoms. The van der Waals surface area contributed by atoms with Crippen molar-refractivity contribution in [1.29, 1.82) is 0 Å². The van der Waals surface area contributed by atoms with E-state index < -0.39 is 11.9 Å². The highest BCUT2D eigenvalue weighted by molar-refractivity contribution is 5.93. The maximum Gasteiger partial charge on any atom is 0.330 e. The molecule has 0 aliphatic heterocycles. The van der Waals surface area contributed by atoms with Crippen molar-refractivity contribution in [2.75, 3.05) is 21.3 Å². The Kier molecular flexibility index (Phi) is 4.71. The number of methoxy groups -OCH3 is 1. The van der Waals surface area contributed by atoms with Crippen molar-refractivity contribution < 1.29 is 19.2 Å². The van der Waals surface area contributed by atoms with Crippen molar-refractivity contribution in [3.05, 3.63) is 12.2 Å². The van der Waals surface area contributed by atoms with E-state index in [1.54, 1.807) is 0 Å². The van der Waals surface area contributed by atoms with Crippen LogP contribution in [0.25, 0.3) is 0 Å². The van der Waals surface area contributed by atoms with Crippen LogP contribution < -0.4 is 0 Å². The summed E-state index contributed by atoms with van der Waals surface area (Å²) >= 11 is 0. The fourth-order valence-electron chi connectivity index (χ4n) is 0.402. The van der Waals surface area contributed by atoms with E-state index in [0.29, 0.717) is 0 Å². The van der Waals surface area contributed by atoms with E-state index in [9.17, 15) is 9.59 Å². The van der Waals surface area contributed by atoms with Crippen LogP contribution in [0.3, 0.4) is 0 Å². The predicted octanol–water partition coefficient (Wildman–Crippen LogP) is -0.265.